The summed E-state index contributed by atoms with van der Waals surface area (Å²) in [7, 11) is 0. The van der Waals surface area contributed by atoms with Gasteiger partial charge in [0.25, 0.3) is 0 Å². The Morgan fingerprint density at radius 1 is 0.917 bits per heavy atom. The first-order valence-corrected chi connectivity index (χ1v) is 14.0. The minimum Gasteiger partial charge on any atom is -0.255 e. The Kier molecular flexibility index (Phi) is 5.22. The summed E-state index contributed by atoms with van der Waals surface area (Å²) in [5, 5.41) is 3.98. The number of pyridine rings is 1. The van der Waals surface area contributed by atoms with Crippen LogP contribution in [0.2, 0.25) is 0 Å². The zero-order chi connectivity index (χ0) is 25.4. The van der Waals surface area contributed by atoms with Gasteiger partial charge in [-0.05, 0) is 74.5 Å². The lowest BCUT2D eigenvalue weighted by atomic mass is 9.80. The number of fused-ring (bicyclic) bond motifs is 6. The van der Waals surface area contributed by atoms with E-state index in [2.05, 4.69) is 109 Å². The van der Waals surface area contributed by atoms with Gasteiger partial charge >= 0.3 is 0 Å². The Morgan fingerprint density at radius 2 is 1.69 bits per heavy atom. The van der Waals surface area contributed by atoms with Crippen molar-refractivity contribution in [1.29, 1.82) is 0 Å². The molecule has 0 spiro atoms. The van der Waals surface area contributed by atoms with Crippen molar-refractivity contribution in [3.8, 4) is 21.7 Å². The highest BCUT2D eigenvalue weighted by molar-refractivity contribution is 7.23. The highest BCUT2D eigenvalue weighted by Crippen LogP contribution is 2.57. The molecule has 0 amide bonds. The second kappa shape index (κ2) is 8.02. The number of benzene rings is 3. The van der Waals surface area contributed by atoms with Gasteiger partial charge in [0.1, 0.15) is 0 Å². The normalized spacial score (nSPS) is 14.6. The fourth-order valence-electron chi connectivity index (χ4n) is 6.23. The van der Waals surface area contributed by atoms with Crippen LogP contribution in [0.3, 0.4) is 0 Å². The second-order valence-corrected chi connectivity index (χ2v) is 13.4. The summed E-state index contributed by atoms with van der Waals surface area (Å²) in [5.41, 5.74) is 9.66. The average Bonchev–Trinajstić information content (AvgIpc) is 3.31. The van der Waals surface area contributed by atoms with E-state index >= 15 is 0 Å². The van der Waals surface area contributed by atoms with Crippen molar-refractivity contribution in [2.45, 2.75) is 65.7 Å². The van der Waals surface area contributed by atoms with Crippen LogP contribution in [0.15, 0.2) is 66.9 Å². The van der Waals surface area contributed by atoms with Gasteiger partial charge in [-0.15, -0.1) is 11.3 Å². The molecule has 6 rings (SSSR count). The van der Waals surface area contributed by atoms with E-state index in [0.29, 0.717) is 5.92 Å². The van der Waals surface area contributed by atoms with Gasteiger partial charge in [-0.2, -0.15) is 0 Å². The van der Waals surface area contributed by atoms with Crippen molar-refractivity contribution in [1.82, 2.24) is 4.98 Å². The maximum atomic E-state index is 5.00. The monoisotopic (exact) mass is 489 g/mol. The van der Waals surface area contributed by atoms with Gasteiger partial charge in [0.05, 0.1) is 10.4 Å². The number of rotatable bonds is 3. The smallest absolute Gasteiger partial charge is 0.0880 e. The molecule has 1 nitrogen and oxygen atoms in total. The van der Waals surface area contributed by atoms with Crippen LogP contribution in [0.5, 0.6) is 0 Å². The minimum absolute atomic E-state index is 0.0194. The van der Waals surface area contributed by atoms with E-state index in [4.69, 9.17) is 4.98 Å². The minimum atomic E-state index is -0.0194. The molecule has 182 valence electrons. The second-order valence-electron chi connectivity index (χ2n) is 12.4. The summed E-state index contributed by atoms with van der Waals surface area (Å²) in [4.78, 5) is 6.46. The van der Waals surface area contributed by atoms with Gasteiger partial charge in [0, 0.05) is 27.4 Å². The maximum absolute atomic E-state index is 5.00. The predicted molar refractivity (Wildman–Crippen MR) is 157 cm³/mol. The van der Waals surface area contributed by atoms with E-state index < -0.39 is 0 Å². The largest absolute Gasteiger partial charge is 0.255 e. The van der Waals surface area contributed by atoms with Crippen LogP contribution in [0, 0.1) is 5.92 Å². The van der Waals surface area contributed by atoms with Gasteiger partial charge in [0.15, 0.2) is 0 Å². The van der Waals surface area contributed by atoms with Crippen molar-refractivity contribution in [2.24, 2.45) is 5.92 Å². The van der Waals surface area contributed by atoms with E-state index in [-0.39, 0.29) is 10.8 Å². The Morgan fingerprint density at radius 3 is 2.44 bits per heavy atom. The van der Waals surface area contributed by atoms with Gasteiger partial charge < -0.3 is 0 Å². The Bertz CT molecular complexity index is 1640. The quantitative estimate of drug-likeness (QED) is 0.246. The zero-order valence-corrected chi connectivity index (χ0v) is 23.3. The SMILES string of the molecule is CC(C)Cc1cccc2c1-c1sc3c(-c4cc(C(C)(C)C)c5ccccc5c4)nccc3c1C2(C)C. The third-order valence-corrected chi connectivity index (χ3v) is 9.08. The highest BCUT2D eigenvalue weighted by Gasteiger charge is 2.40. The van der Waals surface area contributed by atoms with E-state index in [1.165, 1.54) is 59.1 Å². The Labute approximate surface area is 219 Å². The van der Waals surface area contributed by atoms with Crippen molar-refractivity contribution in [2.75, 3.05) is 0 Å². The van der Waals surface area contributed by atoms with E-state index in [1.54, 1.807) is 0 Å². The summed E-state index contributed by atoms with van der Waals surface area (Å²) in [6.07, 6.45) is 3.13. The van der Waals surface area contributed by atoms with Crippen molar-refractivity contribution < 1.29 is 0 Å². The first-order valence-electron chi connectivity index (χ1n) is 13.2. The molecule has 1 aliphatic rings. The van der Waals surface area contributed by atoms with E-state index in [0.717, 1.165) is 12.1 Å². The molecule has 0 radical (unpaired) electrons. The summed E-state index contributed by atoms with van der Waals surface area (Å²) in [6, 6.07) is 22.7. The first kappa shape index (κ1) is 23.4. The molecule has 0 atom stereocenters. The maximum Gasteiger partial charge on any atom is 0.0880 e. The lowest BCUT2D eigenvalue weighted by Gasteiger charge is -2.23. The zero-order valence-electron chi connectivity index (χ0n) is 22.5. The molecule has 0 N–H and O–H groups in total. The molecule has 0 unspecified atom stereocenters. The number of aromatic nitrogens is 1. The van der Waals surface area contributed by atoms with Gasteiger partial charge in [0.2, 0.25) is 0 Å². The molecule has 0 fully saturated rings. The summed E-state index contributed by atoms with van der Waals surface area (Å²) in [6.45, 7) is 16.4. The predicted octanol–water partition coefficient (Wildman–Crippen LogP) is 9.92. The molecule has 2 heteroatoms. The van der Waals surface area contributed by atoms with Crippen molar-refractivity contribution >= 4 is 32.2 Å². The molecule has 3 aromatic carbocycles. The van der Waals surface area contributed by atoms with E-state index in [1.807, 2.05) is 17.5 Å². The van der Waals surface area contributed by atoms with Gasteiger partial charge in [-0.3, -0.25) is 4.98 Å². The van der Waals surface area contributed by atoms with Crippen LogP contribution in [0.1, 0.15) is 70.7 Å². The lowest BCUT2D eigenvalue weighted by Crippen LogP contribution is -2.15. The molecule has 2 aromatic heterocycles. The van der Waals surface area contributed by atoms with E-state index in [9.17, 15) is 0 Å². The molecule has 36 heavy (non-hydrogen) atoms. The number of nitrogens with zero attached hydrogens (tertiary/aromatic N) is 1. The number of hydrogen-bond acceptors (Lipinski definition) is 2. The Hall–Kier alpha value is -2.97. The first-order chi connectivity index (χ1) is 17.1. The number of hydrogen-bond donors (Lipinski definition) is 0. The fraction of sp³-hybridized carbons (Fsp3) is 0.324. The molecule has 0 saturated heterocycles. The average molecular weight is 490 g/mol. The lowest BCUT2D eigenvalue weighted by molar-refractivity contribution is 0.596. The fourth-order valence-corrected chi connectivity index (χ4v) is 7.79. The standard InChI is InChI=1S/C34H35NS/c1-20(2)17-22-12-10-14-26-28(22)32-29(34(26,6)7)25-15-16-35-30(31(25)36-32)23-18-21-11-8-9-13-24(21)27(19-23)33(3,4)5/h8-16,18-20H,17H2,1-7H3. The highest BCUT2D eigenvalue weighted by atomic mass is 32.1. The van der Waals surface area contributed by atoms with Crippen molar-refractivity contribution in [3.63, 3.8) is 0 Å². The molecule has 0 bridgehead atoms. The van der Waals surface area contributed by atoms with Crippen LogP contribution >= 0.6 is 11.3 Å². The molecule has 5 aromatic rings. The van der Waals surface area contributed by atoms with Crippen LogP contribution in [0.4, 0.5) is 0 Å². The van der Waals surface area contributed by atoms with Gasteiger partial charge in [-0.25, -0.2) is 0 Å². The van der Waals surface area contributed by atoms with Crippen LogP contribution in [-0.4, -0.2) is 4.98 Å². The number of thiophene rings is 1. The van der Waals surface area contributed by atoms with Crippen LogP contribution in [-0.2, 0) is 17.3 Å². The molecule has 0 aliphatic heterocycles. The van der Waals surface area contributed by atoms with Crippen molar-refractivity contribution in [3.05, 3.63) is 89.1 Å². The Balaban J connectivity index is 1.64. The summed E-state index contributed by atoms with van der Waals surface area (Å²) < 4.78 is 1.32. The third kappa shape index (κ3) is 3.45. The molecular formula is C34H35NS. The molecule has 2 heterocycles. The molecule has 0 saturated carbocycles. The summed E-state index contributed by atoms with van der Waals surface area (Å²) >= 11 is 1.95. The van der Waals surface area contributed by atoms with Crippen LogP contribution < -0.4 is 0 Å². The van der Waals surface area contributed by atoms with Crippen LogP contribution in [0.25, 0.3) is 42.6 Å². The topological polar surface area (TPSA) is 12.9 Å². The summed E-state index contributed by atoms with van der Waals surface area (Å²) in [5.74, 6) is 0.628. The van der Waals surface area contributed by atoms with Gasteiger partial charge in [-0.1, -0.05) is 90.9 Å². The third-order valence-electron chi connectivity index (χ3n) is 7.85. The molecular weight excluding hydrogens is 454 g/mol. The molecule has 1 aliphatic carbocycles.